The third-order valence-corrected chi connectivity index (χ3v) is 7.77. The van der Waals surface area contributed by atoms with E-state index >= 15 is 0 Å². The molecule has 172 valence electrons. The van der Waals surface area contributed by atoms with Crippen LogP contribution in [-0.4, -0.2) is 47.2 Å². The van der Waals surface area contributed by atoms with Gasteiger partial charge in [0.25, 0.3) is 0 Å². The monoisotopic (exact) mass is 471 g/mol. The first-order chi connectivity index (χ1) is 15.8. The molecule has 9 heteroatoms. The summed E-state index contributed by atoms with van der Waals surface area (Å²) >= 11 is 1.16. The van der Waals surface area contributed by atoms with Crippen LogP contribution in [0, 0.1) is 16.7 Å². The Morgan fingerprint density at radius 1 is 1.09 bits per heavy atom. The van der Waals surface area contributed by atoms with E-state index in [1.54, 1.807) is 6.07 Å². The topological polar surface area (TPSA) is 56.1 Å². The third kappa shape index (κ3) is 4.82. The molecule has 0 N–H and O–H groups in total. The molecule has 1 aromatic carbocycles. The molecule has 1 spiro atoms. The number of thiophene rings is 1. The van der Waals surface area contributed by atoms with Crippen molar-refractivity contribution in [1.29, 1.82) is 5.26 Å². The van der Waals surface area contributed by atoms with Gasteiger partial charge in [0.05, 0.1) is 29.1 Å². The Kier molecular flexibility index (Phi) is 5.75. The Morgan fingerprint density at radius 3 is 2.73 bits per heavy atom. The molecular formula is C24H24F3N5S. The summed E-state index contributed by atoms with van der Waals surface area (Å²) < 4.78 is 39.3. The SMILES string of the molecule is N#CCc1cccc(CN2CCC3(CCN(c4ncnc5cc(CC(F)(F)F)sc45)C3)C2)c1. The molecule has 2 aliphatic heterocycles. The lowest BCUT2D eigenvalue weighted by molar-refractivity contribution is -0.126. The number of likely N-dealkylation sites (tertiary alicyclic amines) is 1. The number of nitrogens with zero attached hydrogens (tertiary/aromatic N) is 5. The number of hydrogen-bond donors (Lipinski definition) is 0. The number of halogens is 3. The average Bonchev–Trinajstić information content (AvgIpc) is 3.46. The summed E-state index contributed by atoms with van der Waals surface area (Å²) in [4.78, 5) is 13.7. The van der Waals surface area contributed by atoms with Crippen molar-refractivity contribution in [2.24, 2.45) is 5.41 Å². The predicted octanol–water partition coefficient (Wildman–Crippen LogP) is 4.96. The maximum absolute atomic E-state index is 12.9. The van der Waals surface area contributed by atoms with E-state index < -0.39 is 12.6 Å². The van der Waals surface area contributed by atoms with Gasteiger partial charge in [0.1, 0.15) is 12.1 Å². The van der Waals surface area contributed by atoms with Crippen molar-refractivity contribution in [2.75, 3.05) is 31.1 Å². The summed E-state index contributed by atoms with van der Waals surface area (Å²) in [5.41, 5.74) is 3.04. The number of alkyl halides is 3. The van der Waals surface area contributed by atoms with Gasteiger partial charge in [-0.05, 0) is 36.6 Å². The smallest absolute Gasteiger partial charge is 0.355 e. The highest BCUT2D eigenvalue weighted by molar-refractivity contribution is 7.19. The van der Waals surface area contributed by atoms with Gasteiger partial charge in [-0.1, -0.05) is 24.3 Å². The Morgan fingerprint density at radius 2 is 1.91 bits per heavy atom. The van der Waals surface area contributed by atoms with Crippen LogP contribution in [0.5, 0.6) is 0 Å². The Bertz CT molecular complexity index is 1200. The van der Waals surface area contributed by atoms with Gasteiger partial charge in [0.2, 0.25) is 0 Å². The van der Waals surface area contributed by atoms with E-state index in [9.17, 15) is 13.2 Å². The number of anilines is 1. The molecule has 0 radical (unpaired) electrons. The van der Waals surface area contributed by atoms with Crippen LogP contribution >= 0.6 is 11.3 Å². The number of aromatic nitrogens is 2. The van der Waals surface area contributed by atoms with Crippen LogP contribution in [-0.2, 0) is 19.4 Å². The van der Waals surface area contributed by atoms with E-state index in [1.165, 1.54) is 11.9 Å². The first-order valence-corrected chi connectivity index (χ1v) is 11.9. The summed E-state index contributed by atoms with van der Waals surface area (Å²) in [7, 11) is 0. The maximum Gasteiger partial charge on any atom is 0.393 e. The van der Waals surface area contributed by atoms with Crippen molar-refractivity contribution in [3.8, 4) is 6.07 Å². The Balaban J connectivity index is 1.28. The van der Waals surface area contributed by atoms with E-state index in [0.717, 1.165) is 73.0 Å². The number of fused-ring (bicyclic) bond motifs is 1. The van der Waals surface area contributed by atoms with Gasteiger partial charge < -0.3 is 4.90 Å². The lowest BCUT2D eigenvalue weighted by atomic mass is 9.86. The van der Waals surface area contributed by atoms with Gasteiger partial charge in [-0.3, -0.25) is 4.90 Å². The van der Waals surface area contributed by atoms with E-state index in [-0.39, 0.29) is 10.3 Å². The number of benzene rings is 1. The van der Waals surface area contributed by atoms with Gasteiger partial charge >= 0.3 is 6.18 Å². The number of rotatable bonds is 5. The van der Waals surface area contributed by atoms with Crippen molar-refractivity contribution < 1.29 is 13.2 Å². The zero-order valence-corrected chi connectivity index (χ0v) is 18.9. The molecule has 2 fully saturated rings. The Labute approximate surface area is 194 Å². The maximum atomic E-state index is 12.9. The fourth-order valence-electron chi connectivity index (χ4n) is 5.20. The fourth-order valence-corrected chi connectivity index (χ4v) is 6.36. The minimum absolute atomic E-state index is 0.174. The minimum Gasteiger partial charge on any atom is -0.355 e. The van der Waals surface area contributed by atoms with Crippen molar-refractivity contribution in [3.63, 3.8) is 0 Å². The van der Waals surface area contributed by atoms with Crippen molar-refractivity contribution in [3.05, 3.63) is 52.7 Å². The summed E-state index contributed by atoms with van der Waals surface area (Å²) in [5, 5.41) is 8.95. The van der Waals surface area contributed by atoms with Crippen LogP contribution in [0.2, 0.25) is 0 Å². The normalized spacial score (nSPS) is 21.3. The second-order valence-corrected chi connectivity index (χ2v) is 10.3. The van der Waals surface area contributed by atoms with Crippen LogP contribution in [0.3, 0.4) is 0 Å². The van der Waals surface area contributed by atoms with E-state index in [2.05, 4.69) is 38.0 Å². The average molecular weight is 472 g/mol. The first-order valence-electron chi connectivity index (χ1n) is 11.0. The van der Waals surface area contributed by atoms with Crippen molar-refractivity contribution in [2.45, 2.75) is 38.4 Å². The van der Waals surface area contributed by atoms with Crippen molar-refractivity contribution in [1.82, 2.24) is 14.9 Å². The number of hydrogen-bond acceptors (Lipinski definition) is 6. The highest BCUT2D eigenvalue weighted by atomic mass is 32.1. The van der Waals surface area contributed by atoms with Crippen LogP contribution in [0.1, 0.15) is 28.8 Å². The highest BCUT2D eigenvalue weighted by Crippen LogP contribution is 2.43. The molecule has 1 atom stereocenters. The van der Waals surface area contributed by atoms with E-state index in [0.29, 0.717) is 11.9 Å². The van der Waals surface area contributed by atoms with E-state index in [1.807, 2.05) is 12.1 Å². The predicted molar refractivity (Wildman–Crippen MR) is 122 cm³/mol. The van der Waals surface area contributed by atoms with Crippen LogP contribution in [0.15, 0.2) is 36.7 Å². The summed E-state index contributed by atoms with van der Waals surface area (Å²) in [6.45, 7) is 4.58. The quantitative estimate of drug-likeness (QED) is 0.526. The molecule has 1 unspecified atom stereocenters. The van der Waals surface area contributed by atoms with Crippen LogP contribution < -0.4 is 4.90 Å². The van der Waals surface area contributed by atoms with E-state index in [4.69, 9.17) is 5.26 Å². The molecule has 0 amide bonds. The van der Waals surface area contributed by atoms with Gasteiger partial charge in [-0.2, -0.15) is 18.4 Å². The van der Waals surface area contributed by atoms with Crippen LogP contribution in [0.4, 0.5) is 19.0 Å². The molecule has 3 aromatic rings. The second kappa shape index (κ2) is 8.58. The standard InChI is InChI=1S/C24H24F3N5S/c25-24(26,27)12-19-11-20-21(33-19)22(30-16-29-20)32-9-6-23(15-32)5-8-31(14-23)13-18-3-1-2-17(10-18)4-7-28/h1-3,10-11,16H,4-6,8-9,12-15H2. The molecule has 0 bridgehead atoms. The fraction of sp³-hybridized carbons (Fsp3) is 0.458. The molecule has 5 nitrogen and oxygen atoms in total. The van der Waals surface area contributed by atoms with Crippen LogP contribution in [0.25, 0.3) is 10.2 Å². The van der Waals surface area contributed by atoms with Gasteiger partial charge in [0.15, 0.2) is 0 Å². The lowest BCUT2D eigenvalue weighted by Gasteiger charge is -2.25. The summed E-state index contributed by atoms with van der Waals surface area (Å²) in [5.74, 6) is 0.762. The van der Waals surface area contributed by atoms with Gasteiger partial charge in [0, 0.05) is 36.5 Å². The molecule has 2 saturated heterocycles. The largest absolute Gasteiger partial charge is 0.393 e. The Hall–Kier alpha value is -2.70. The molecule has 2 aromatic heterocycles. The second-order valence-electron chi connectivity index (χ2n) is 9.20. The zero-order chi connectivity index (χ0) is 23.1. The minimum atomic E-state index is -4.23. The molecule has 4 heterocycles. The summed E-state index contributed by atoms with van der Waals surface area (Å²) in [6.07, 6.45) is -1.13. The zero-order valence-electron chi connectivity index (χ0n) is 18.1. The van der Waals surface area contributed by atoms with Crippen molar-refractivity contribution >= 4 is 27.4 Å². The first kappa shape index (κ1) is 22.1. The number of nitriles is 1. The molecule has 0 saturated carbocycles. The molecule has 33 heavy (non-hydrogen) atoms. The van der Waals surface area contributed by atoms with Gasteiger partial charge in [-0.15, -0.1) is 11.3 Å². The molecular weight excluding hydrogens is 447 g/mol. The highest BCUT2D eigenvalue weighted by Gasteiger charge is 2.44. The lowest BCUT2D eigenvalue weighted by Crippen LogP contribution is -2.31. The molecule has 5 rings (SSSR count). The molecule has 0 aliphatic carbocycles. The molecule has 2 aliphatic rings. The third-order valence-electron chi connectivity index (χ3n) is 6.65. The summed E-state index contributed by atoms with van der Waals surface area (Å²) in [6, 6.07) is 12.0. The van der Waals surface area contributed by atoms with Gasteiger partial charge in [-0.25, -0.2) is 9.97 Å².